The summed E-state index contributed by atoms with van der Waals surface area (Å²) >= 11 is 0. The van der Waals surface area contributed by atoms with Crippen LogP contribution in [0.4, 0.5) is 0 Å². The zero-order chi connectivity index (χ0) is 26.0. The monoisotopic (exact) mass is 496 g/mol. The minimum absolute atomic E-state index is 0.0349. The zero-order valence-electron chi connectivity index (χ0n) is 20.8. The van der Waals surface area contributed by atoms with E-state index in [2.05, 4.69) is 17.2 Å². The summed E-state index contributed by atoms with van der Waals surface area (Å²) < 4.78 is 5.46. The van der Waals surface area contributed by atoms with Gasteiger partial charge in [0.15, 0.2) is 0 Å². The molecule has 1 aliphatic rings. The van der Waals surface area contributed by atoms with Gasteiger partial charge in [0.05, 0.1) is 0 Å². The molecule has 6 nitrogen and oxygen atoms in total. The van der Waals surface area contributed by atoms with Crippen LogP contribution in [0.3, 0.4) is 0 Å². The number of esters is 1. The Kier molecular flexibility index (Phi) is 8.87. The number of allylic oxidation sites excluding steroid dienone is 1. The summed E-state index contributed by atoms with van der Waals surface area (Å²) in [7, 11) is 0. The van der Waals surface area contributed by atoms with Crippen LogP contribution in [0.2, 0.25) is 0 Å². The molecule has 0 bridgehead atoms. The normalized spacial score (nSPS) is 12.6. The fourth-order valence-electron chi connectivity index (χ4n) is 4.70. The highest BCUT2D eigenvalue weighted by Gasteiger charge is 2.31. The van der Waals surface area contributed by atoms with Gasteiger partial charge < -0.3 is 15.4 Å². The third-order valence-electron chi connectivity index (χ3n) is 6.58. The predicted molar refractivity (Wildman–Crippen MR) is 144 cm³/mol. The van der Waals surface area contributed by atoms with Crippen molar-refractivity contribution in [2.75, 3.05) is 13.2 Å². The third-order valence-corrected chi connectivity index (χ3v) is 6.58. The van der Waals surface area contributed by atoms with E-state index in [0.29, 0.717) is 12.1 Å². The van der Waals surface area contributed by atoms with Crippen molar-refractivity contribution in [2.24, 2.45) is 0 Å². The Morgan fingerprint density at radius 2 is 1.46 bits per heavy atom. The van der Waals surface area contributed by atoms with Crippen molar-refractivity contribution in [3.63, 3.8) is 0 Å². The number of carbonyl (C=O) groups excluding carboxylic acids is 3. The van der Waals surface area contributed by atoms with Crippen molar-refractivity contribution in [3.8, 4) is 11.1 Å². The number of nitrogens with one attached hydrogen (secondary N) is 2. The van der Waals surface area contributed by atoms with Crippen LogP contribution in [-0.2, 0) is 19.1 Å². The molecule has 1 aliphatic carbocycles. The van der Waals surface area contributed by atoms with Gasteiger partial charge in [-0.1, -0.05) is 91.4 Å². The van der Waals surface area contributed by atoms with E-state index < -0.39 is 17.9 Å². The number of carbonyl (C=O) groups is 3. The molecule has 3 aromatic rings. The highest BCUT2D eigenvalue weighted by atomic mass is 16.5. The Hall–Kier alpha value is -4.19. The first-order valence-electron chi connectivity index (χ1n) is 12.7. The van der Waals surface area contributed by atoms with Gasteiger partial charge in [0, 0.05) is 12.5 Å². The summed E-state index contributed by atoms with van der Waals surface area (Å²) in [6, 6.07) is 23.9. The van der Waals surface area contributed by atoms with Crippen molar-refractivity contribution in [3.05, 3.63) is 108 Å². The molecule has 0 unspecified atom stereocenters. The van der Waals surface area contributed by atoms with E-state index in [1.54, 1.807) is 24.3 Å². The number of amides is 2. The van der Waals surface area contributed by atoms with Gasteiger partial charge in [0.25, 0.3) is 0 Å². The van der Waals surface area contributed by atoms with Gasteiger partial charge in [0.1, 0.15) is 12.6 Å². The van der Waals surface area contributed by atoms with E-state index in [0.717, 1.165) is 47.9 Å². The number of hydrogen-bond donors (Lipinski definition) is 2. The van der Waals surface area contributed by atoms with E-state index in [1.165, 1.54) is 0 Å². The molecular weight excluding hydrogens is 464 g/mol. The van der Waals surface area contributed by atoms with Crippen molar-refractivity contribution in [1.82, 2.24) is 10.6 Å². The SMILES string of the molecule is C=CCCCCCNC(=O)[C@H](NC(=O)C(=O)OCC1c2ccccc2-c2ccccc21)c1ccccc1. The smallest absolute Gasteiger partial charge is 0.396 e. The first-order valence-corrected chi connectivity index (χ1v) is 12.7. The summed E-state index contributed by atoms with van der Waals surface area (Å²) in [5.74, 6) is -2.48. The molecule has 4 rings (SSSR count). The first kappa shape index (κ1) is 25.9. The highest BCUT2D eigenvalue weighted by molar-refractivity contribution is 6.33. The maximum Gasteiger partial charge on any atom is 0.396 e. The van der Waals surface area contributed by atoms with Gasteiger partial charge in [-0.2, -0.15) is 0 Å². The van der Waals surface area contributed by atoms with Gasteiger partial charge in [-0.3, -0.25) is 9.59 Å². The number of fused-ring (bicyclic) bond motifs is 3. The molecule has 6 heteroatoms. The fourth-order valence-corrected chi connectivity index (χ4v) is 4.70. The van der Waals surface area contributed by atoms with Gasteiger partial charge in [-0.15, -0.1) is 6.58 Å². The molecule has 190 valence electrons. The lowest BCUT2D eigenvalue weighted by Crippen LogP contribution is -2.43. The van der Waals surface area contributed by atoms with E-state index >= 15 is 0 Å². The summed E-state index contributed by atoms with van der Waals surface area (Å²) in [4.78, 5) is 38.4. The molecule has 2 N–H and O–H groups in total. The van der Waals surface area contributed by atoms with Crippen LogP contribution < -0.4 is 10.6 Å². The van der Waals surface area contributed by atoms with Crippen molar-refractivity contribution >= 4 is 17.8 Å². The summed E-state index contributed by atoms with van der Waals surface area (Å²) in [6.07, 6.45) is 5.62. The Labute approximate surface area is 217 Å². The van der Waals surface area contributed by atoms with Gasteiger partial charge in [0.2, 0.25) is 5.91 Å². The summed E-state index contributed by atoms with van der Waals surface area (Å²) in [5, 5.41) is 5.44. The van der Waals surface area contributed by atoms with Crippen LogP contribution in [0.5, 0.6) is 0 Å². The molecule has 0 saturated heterocycles. The van der Waals surface area contributed by atoms with Crippen molar-refractivity contribution in [2.45, 2.75) is 37.6 Å². The number of hydrogen-bond acceptors (Lipinski definition) is 4. The average Bonchev–Trinajstić information content (AvgIpc) is 3.26. The van der Waals surface area contributed by atoms with Crippen LogP contribution >= 0.6 is 0 Å². The topological polar surface area (TPSA) is 84.5 Å². The molecule has 0 heterocycles. The molecule has 0 aliphatic heterocycles. The molecule has 0 aromatic heterocycles. The molecule has 3 aromatic carbocycles. The molecule has 37 heavy (non-hydrogen) atoms. The van der Waals surface area contributed by atoms with E-state index in [4.69, 9.17) is 4.74 Å². The molecular formula is C31H32N2O4. The van der Waals surface area contributed by atoms with Crippen LogP contribution in [0, 0.1) is 0 Å². The second kappa shape index (κ2) is 12.7. The molecule has 0 fully saturated rings. The number of unbranched alkanes of at least 4 members (excludes halogenated alkanes) is 3. The van der Waals surface area contributed by atoms with E-state index in [1.807, 2.05) is 60.7 Å². The number of benzene rings is 3. The van der Waals surface area contributed by atoms with Gasteiger partial charge in [-0.25, -0.2) is 4.79 Å². The number of rotatable bonds is 11. The first-order chi connectivity index (χ1) is 18.1. The van der Waals surface area contributed by atoms with E-state index in [9.17, 15) is 14.4 Å². The fraction of sp³-hybridized carbons (Fsp3) is 0.258. The Balaban J connectivity index is 1.38. The minimum Gasteiger partial charge on any atom is -0.458 e. The van der Waals surface area contributed by atoms with Crippen molar-refractivity contribution in [1.29, 1.82) is 0 Å². The standard InChI is InChI=1S/C31H32N2O4/c1-2-3-4-5-13-20-32-29(34)28(22-14-7-6-8-15-22)33-30(35)31(36)37-21-27-25-18-11-9-16-23(25)24-17-10-12-19-26(24)27/h2,6-12,14-19,27-28H,1,3-5,13,20-21H2,(H,32,34)(H,33,35)/t28-/m1/s1. The maximum absolute atomic E-state index is 12.9. The number of ether oxygens (including phenoxy) is 1. The van der Waals surface area contributed by atoms with Crippen LogP contribution in [0.15, 0.2) is 91.5 Å². The average molecular weight is 497 g/mol. The second-order valence-corrected chi connectivity index (χ2v) is 9.07. The Morgan fingerprint density at radius 1 is 0.838 bits per heavy atom. The van der Waals surface area contributed by atoms with Crippen LogP contribution in [-0.4, -0.2) is 30.9 Å². The summed E-state index contributed by atoms with van der Waals surface area (Å²) in [6.45, 7) is 4.23. The summed E-state index contributed by atoms with van der Waals surface area (Å²) in [5.41, 5.74) is 4.92. The lowest BCUT2D eigenvalue weighted by Gasteiger charge is -2.19. The Morgan fingerprint density at radius 3 is 2.11 bits per heavy atom. The minimum atomic E-state index is -1.01. The quantitative estimate of drug-likeness (QED) is 0.168. The predicted octanol–water partition coefficient (Wildman–Crippen LogP) is 5.06. The Bertz CT molecular complexity index is 1210. The molecule has 0 radical (unpaired) electrons. The van der Waals surface area contributed by atoms with Gasteiger partial charge >= 0.3 is 11.9 Å². The van der Waals surface area contributed by atoms with E-state index in [-0.39, 0.29) is 18.4 Å². The lowest BCUT2D eigenvalue weighted by molar-refractivity contribution is -0.155. The van der Waals surface area contributed by atoms with Crippen LogP contribution in [0.1, 0.15) is 54.3 Å². The van der Waals surface area contributed by atoms with Crippen LogP contribution in [0.25, 0.3) is 11.1 Å². The maximum atomic E-state index is 12.9. The highest BCUT2D eigenvalue weighted by Crippen LogP contribution is 2.44. The molecule has 0 spiro atoms. The molecule has 0 saturated carbocycles. The van der Waals surface area contributed by atoms with Crippen molar-refractivity contribution < 1.29 is 19.1 Å². The second-order valence-electron chi connectivity index (χ2n) is 9.07. The van der Waals surface area contributed by atoms with Gasteiger partial charge in [-0.05, 0) is 47.1 Å². The molecule has 1 atom stereocenters. The third kappa shape index (κ3) is 6.33. The zero-order valence-corrected chi connectivity index (χ0v) is 20.8. The lowest BCUT2D eigenvalue weighted by atomic mass is 9.98. The largest absolute Gasteiger partial charge is 0.458 e. The molecule has 2 amide bonds.